The lowest BCUT2D eigenvalue weighted by Crippen LogP contribution is -2.22. The van der Waals surface area contributed by atoms with E-state index in [-0.39, 0.29) is 11.4 Å². The summed E-state index contributed by atoms with van der Waals surface area (Å²) >= 11 is 0. The molecule has 1 heterocycles. The molecule has 0 aliphatic rings. The number of ether oxygens (including phenoxy) is 2. The number of methoxy groups -OCH3 is 1. The summed E-state index contributed by atoms with van der Waals surface area (Å²) in [6.45, 7) is 10.6. The first-order valence-electron chi connectivity index (χ1n) is 6.48. The molecule has 0 aromatic carbocycles. The molecule has 0 atom stereocenters. The second-order valence-electron chi connectivity index (χ2n) is 5.53. The summed E-state index contributed by atoms with van der Waals surface area (Å²) in [6, 6.07) is 1.84. The van der Waals surface area contributed by atoms with Crippen LogP contribution >= 0.6 is 0 Å². The summed E-state index contributed by atoms with van der Waals surface area (Å²) in [6.07, 6.45) is 0. The molecule has 106 valence electrons. The molecule has 0 unspecified atom stereocenters. The Morgan fingerprint density at radius 2 is 2.00 bits per heavy atom. The van der Waals surface area contributed by atoms with E-state index in [2.05, 4.69) is 4.98 Å². The van der Waals surface area contributed by atoms with E-state index in [0.717, 1.165) is 17.0 Å². The van der Waals surface area contributed by atoms with Gasteiger partial charge < -0.3 is 9.47 Å². The molecule has 1 aromatic heterocycles. The van der Waals surface area contributed by atoms with E-state index in [1.807, 2.05) is 33.8 Å². The van der Waals surface area contributed by atoms with Gasteiger partial charge in [-0.15, -0.1) is 0 Å². The average Bonchev–Trinajstić information content (AvgIpc) is 2.30. The Kier molecular flexibility index (Phi) is 5.06. The van der Waals surface area contributed by atoms with Gasteiger partial charge in [-0.1, -0.05) is 20.8 Å². The third kappa shape index (κ3) is 3.77. The highest BCUT2D eigenvalue weighted by Gasteiger charge is 2.25. The van der Waals surface area contributed by atoms with Crippen LogP contribution in [0.15, 0.2) is 6.07 Å². The maximum absolute atomic E-state index is 12.1. The largest absolute Gasteiger partial charge is 0.462 e. The Morgan fingerprint density at radius 3 is 2.47 bits per heavy atom. The van der Waals surface area contributed by atoms with Gasteiger partial charge in [0, 0.05) is 18.2 Å². The molecule has 19 heavy (non-hydrogen) atoms. The van der Waals surface area contributed by atoms with Crippen LogP contribution in [0.3, 0.4) is 0 Å². The summed E-state index contributed by atoms with van der Waals surface area (Å²) < 4.78 is 10.3. The summed E-state index contributed by atoms with van der Waals surface area (Å²) in [7, 11) is 1.63. The van der Waals surface area contributed by atoms with Crippen molar-refractivity contribution in [3.05, 3.63) is 28.6 Å². The van der Waals surface area contributed by atoms with Crippen LogP contribution in [0.2, 0.25) is 0 Å². The summed E-state index contributed by atoms with van der Waals surface area (Å²) in [5.41, 5.74) is 2.90. The van der Waals surface area contributed by atoms with Crippen LogP contribution in [-0.4, -0.2) is 24.7 Å². The summed E-state index contributed by atoms with van der Waals surface area (Å²) in [5, 5.41) is 0. The molecule has 1 aromatic rings. The van der Waals surface area contributed by atoms with Crippen molar-refractivity contribution in [3.63, 3.8) is 0 Å². The number of aromatic nitrogens is 1. The Balaban J connectivity index is 3.37. The minimum Gasteiger partial charge on any atom is -0.462 e. The molecular weight excluding hydrogens is 242 g/mol. The van der Waals surface area contributed by atoms with E-state index in [0.29, 0.717) is 18.8 Å². The molecule has 0 fully saturated rings. The first-order chi connectivity index (χ1) is 8.81. The molecule has 0 spiro atoms. The van der Waals surface area contributed by atoms with Crippen LogP contribution in [0.5, 0.6) is 0 Å². The minimum absolute atomic E-state index is 0.210. The first kappa shape index (κ1) is 15.6. The van der Waals surface area contributed by atoms with Crippen molar-refractivity contribution in [1.29, 1.82) is 0 Å². The lowest BCUT2D eigenvalue weighted by molar-refractivity contribution is 0.0522. The Bertz CT molecular complexity index is 461. The fraction of sp³-hybridized carbons (Fsp3) is 0.600. The second-order valence-corrected chi connectivity index (χ2v) is 5.53. The molecule has 0 bridgehead atoms. The molecule has 4 nitrogen and oxygen atoms in total. The van der Waals surface area contributed by atoms with Crippen molar-refractivity contribution in [2.75, 3.05) is 13.7 Å². The van der Waals surface area contributed by atoms with Crippen LogP contribution in [0, 0.1) is 6.92 Å². The number of hydrogen-bond acceptors (Lipinski definition) is 4. The van der Waals surface area contributed by atoms with Gasteiger partial charge in [0.2, 0.25) is 0 Å². The summed E-state index contributed by atoms with van der Waals surface area (Å²) in [5.74, 6) is -0.322. The lowest BCUT2D eigenvalue weighted by atomic mass is 9.87. The predicted molar refractivity (Wildman–Crippen MR) is 74.3 cm³/mol. The first-order valence-corrected chi connectivity index (χ1v) is 6.48. The maximum Gasteiger partial charge on any atom is 0.340 e. The number of nitrogens with zero attached hydrogens (tertiary/aromatic N) is 1. The SMILES string of the molecule is CCOC(=O)c1cc(COC)c(C)nc1C(C)(C)C. The van der Waals surface area contributed by atoms with Crippen LogP contribution in [0.25, 0.3) is 0 Å². The molecular formula is C15H23NO3. The topological polar surface area (TPSA) is 48.4 Å². The molecule has 0 saturated carbocycles. The highest BCUT2D eigenvalue weighted by Crippen LogP contribution is 2.26. The summed E-state index contributed by atoms with van der Waals surface area (Å²) in [4.78, 5) is 16.7. The van der Waals surface area contributed by atoms with Gasteiger partial charge in [-0.05, 0) is 25.5 Å². The van der Waals surface area contributed by atoms with Gasteiger partial charge in [0.1, 0.15) is 0 Å². The van der Waals surface area contributed by atoms with Crippen molar-refractivity contribution in [1.82, 2.24) is 4.98 Å². The zero-order valence-corrected chi connectivity index (χ0v) is 12.7. The molecule has 0 radical (unpaired) electrons. The number of rotatable bonds is 4. The fourth-order valence-corrected chi connectivity index (χ4v) is 1.88. The molecule has 4 heteroatoms. The molecule has 0 N–H and O–H groups in total. The zero-order chi connectivity index (χ0) is 14.6. The quantitative estimate of drug-likeness (QED) is 0.785. The third-order valence-corrected chi connectivity index (χ3v) is 2.82. The van der Waals surface area contributed by atoms with E-state index in [4.69, 9.17) is 9.47 Å². The molecule has 1 rings (SSSR count). The maximum atomic E-state index is 12.1. The highest BCUT2D eigenvalue weighted by molar-refractivity contribution is 5.91. The second kappa shape index (κ2) is 6.15. The lowest BCUT2D eigenvalue weighted by Gasteiger charge is -2.22. The molecule has 0 aliphatic carbocycles. The zero-order valence-electron chi connectivity index (χ0n) is 12.7. The normalized spacial score (nSPS) is 11.5. The van der Waals surface area contributed by atoms with Gasteiger partial charge in [-0.2, -0.15) is 0 Å². The fourth-order valence-electron chi connectivity index (χ4n) is 1.88. The van der Waals surface area contributed by atoms with Gasteiger partial charge in [0.15, 0.2) is 0 Å². The molecule has 0 amide bonds. The van der Waals surface area contributed by atoms with E-state index >= 15 is 0 Å². The third-order valence-electron chi connectivity index (χ3n) is 2.82. The smallest absolute Gasteiger partial charge is 0.340 e. The standard InChI is InChI=1S/C15H23NO3/c1-7-19-14(17)12-8-11(9-18-6)10(2)16-13(12)15(3,4)5/h8H,7,9H2,1-6H3. The van der Waals surface area contributed by atoms with Gasteiger partial charge in [0.05, 0.1) is 24.5 Å². The van der Waals surface area contributed by atoms with Crippen LogP contribution < -0.4 is 0 Å². The van der Waals surface area contributed by atoms with Crippen LogP contribution in [-0.2, 0) is 21.5 Å². The number of carbonyl (C=O) groups is 1. The highest BCUT2D eigenvalue weighted by atomic mass is 16.5. The number of carbonyl (C=O) groups excluding carboxylic acids is 1. The Labute approximate surface area is 115 Å². The number of esters is 1. The van der Waals surface area contributed by atoms with E-state index in [1.165, 1.54) is 0 Å². The van der Waals surface area contributed by atoms with Crippen molar-refractivity contribution >= 4 is 5.97 Å². The van der Waals surface area contributed by atoms with Gasteiger partial charge in [-0.25, -0.2) is 4.79 Å². The average molecular weight is 265 g/mol. The van der Waals surface area contributed by atoms with E-state index in [1.54, 1.807) is 14.0 Å². The Hall–Kier alpha value is -1.42. The Morgan fingerprint density at radius 1 is 1.37 bits per heavy atom. The van der Waals surface area contributed by atoms with Crippen molar-refractivity contribution in [2.24, 2.45) is 0 Å². The van der Waals surface area contributed by atoms with Gasteiger partial charge >= 0.3 is 5.97 Å². The van der Waals surface area contributed by atoms with E-state index < -0.39 is 0 Å². The monoisotopic (exact) mass is 265 g/mol. The number of hydrogen-bond donors (Lipinski definition) is 0. The number of aryl methyl sites for hydroxylation is 1. The van der Waals surface area contributed by atoms with Crippen LogP contribution in [0.4, 0.5) is 0 Å². The minimum atomic E-state index is -0.322. The molecule has 0 saturated heterocycles. The van der Waals surface area contributed by atoms with Crippen LogP contribution in [0.1, 0.15) is 55.0 Å². The van der Waals surface area contributed by atoms with Gasteiger partial charge in [0.25, 0.3) is 0 Å². The van der Waals surface area contributed by atoms with Crippen molar-refractivity contribution in [3.8, 4) is 0 Å². The van der Waals surface area contributed by atoms with E-state index in [9.17, 15) is 4.79 Å². The predicted octanol–water partition coefficient (Wildman–Crippen LogP) is 3.01. The van der Waals surface area contributed by atoms with Crippen molar-refractivity contribution < 1.29 is 14.3 Å². The number of pyridine rings is 1. The van der Waals surface area contributed by atoms with Gasteiger partial charge in [-0.3, -0.25) is 4.98 Å². The van der Waals surface area contributed by atoms with Crippen molar-refractivity contribution in [2.45, 2.75) is 46.6 Å². The molecule has 0 aliphatic heterocycles.